The number of hydrogen-bond donors (Lipinski definition) is 1. The molecule has 0 saturated heterocycles. The highest BCUT2D eigenvalue weighted by atomic mass is 32.1. The lowest BCUT2D eigenvalue weighted by Gasteiger charge is -2.08. The van der Waals surface area contributed by atoms with Crippen LogP contribution in [0, 0.1) is 5.92 Å². The maximum absolute atomic E-state index is 11.7. The van der Waals surface area contributed by atoms with E-state index in [1.54, 1.807) is 0 Å². The Morgan fingerprint density at radius 2 is 2.06 bits per heavy atom. The summed E-state index contributed by atoms with van der Waals surface area (Å²) in [5.41, 5.74) is 1.09. The zero-order chi connectivity index (χ0) is 12.0. The van der Waals surface area contributed by atoms with E-state index in [2.05, 4.69) is 5.32 Å². The molecule has 4 nitrogen and oxygen atoms in total. The molecule has 1 aromatic heterocycles. The summed E-state index contributed by atoms with van der Waals surface area (Å²) in [7, 11) is 0. The van der Waals surface area contributed by atoms with Crippen molar-refractivity contribution >= 4 is 28.2 Å². The van der Waals surface area contributed by atoms with Gasteiger partial charge in [0.15, 0.2) is 0 Å². The second kappa shape index (κ2) is 3.84. The third kappa shape index (κ3) is 1.84. The van der Waals surface area contributed by atoms with E-state index in [1.807, 2.05) is 0 Å². The standard InChI is InChI=1S/C12H13NO3S/c14-10(6-4-5-6)13-11-9(12(15)16)7-2-1-3-8(7)17-11/h6H,1-5H2,(H,13,14)(H,15,16)/p-1. The zero-order valence-corrected chi connectivity index (χ0v) is 10.1. The molecule has 3 rings (SSSR count). The van der Waals surface area contributed by atoms with E-state index < -0.39 is 5.97 Å². The average molecular weight is 250 g/mol. The molecule has 90 valence electrons. The van der Waals surface area contributed by atoms with Crippen LogP contribution in [0.3, 0.4) is 0 Å². The van der Waals surface area contributed by atoms with E-state index in [0.717, 1.165) is 42.5 Å². The quantitative estimate of drug-likeness (QED) is 0.868. The number of thiophene rings is 1. The summed E-state index contributed by atoms with van der Waals surface area (Å²) < 4.78 is 0. The Kier molecular flexibility index (Phi) is 2.43. The van der Waals surface area contributed by atoms with Crippen LogP contribution in [-0.4, -0.2) is 11.9 Å². The normalized spacial score (nSPS) is 17.9. The smallest absolute Gasteiger partial charge is 0.228 e. The van der Waals surface area contributed by atoms with Gasteiger partial charge in [-0.15, -0.1) is 11.3 Å². The predicted molar refractivity (Wildman–Crippen MR) is 62.0 cm³/mol. The Balaban J connectivity index is 1.92. The van der Waals surface area contributed by atoms with Crippen LogP contribution in [0.1, 0.15) is 40.1 Å². The number of anilines is 1. The molecule has 1 heterocycles. The molecule has 1 saturated carbocycles. The fourth-order valence-corrected chi connectivity index (χ4v) is 3.55. The molecular weight excluding hydrogens is 238 g/mol. The molecule has 1 amide bonds. The molecule has 1 aromatic rings. The van der Waals surface area contributed by atoms with Crippen molar-refractivity contribution < 1.29 is 14.7 Å². The summed E-state index contributed by atoms with van der Waals surface area (Å²) in [5, 5.41) is 14.4. The molecule has 0 aromatic carbocycles. The molecule has 0 spiro atoms. The van der Waals surface area contributed by atoms with Crippen molar-refractivity contribution in [1.29, 1.82) is 0 Å². The summed E-state index contributed by atoms with van der Waals surface area (Å²) in [5.74, 6) is -1.13. The maximum Gasteiger partial charge on any atom is 0.228 e. The van der Waals surface area contributed by atoms with E-state index in [9.17, 15) is 14.7 Å². The summed E-state index contributed by atoms with van der Waals surface area (Å²) in [6.45, 7) is 0. The van der Waals surface area contributed by atoms with Crippen molar-refractivity contribution in [1.82, 2.24) is 0 Å². The van der Waals surface area contributed by atoms with Gasteiger partial charge in [0.05, 0.1) is 5.97 Å². The van der Waals surface area contributed by atoms with Crippen LogP contribution in [0.25, 0.3) is 0 Å². The highest BCUT2D eigenvalue weighted by molar-refractivity contribution is 7.17. The molecule has 0 bridgehead atoms. The Morgan fingerprint density at radius 1 is 1.29 bits per heavy atom. The summed E-state index contributed by atoms with van der Waals surface area (Å²) in [6, 6.07) is 0. The highest BCUT2D eigenvalue weighted by Crippen LogP contribution is 2.40. The van der Waals surface area contributed by atoms with Gasteiger partial charge < -0.3 is 15.2 Å². The van der Waals surface area contributed by atoms with Gasteiger partial charge in [0.1, 0.15) is 5.00 Å². The molecule has 5 heteroatoms. The molecule has 2 aliphatic carbocycles. The first-order valence-electron chi connectivity index (χ1n) is 5.83. The summed E-state index contributed by atoms with van der Waals surface area (Å²) >= 11 is 1.40. The zero-order valence-electron chi connectivity index (χ0n) is 9.25. The van der Waals surface area contributed by atoms with Gasteiger partial charge in [-0.25, -0.2) is 0 Å². The Bertz CT molecular complexity index is 502. The molecule has 0 radical (unpaired) electrons. The van der Waals surface area contributed by atoms with Gasteiger partial charge in [-0.05, 0) is 37.7 Å². The molecule has 1 N–H and O–H groups in total. The molecule has 0 unspecified atom stereocenters. The van der Waals surface area contributed by atoms with Crippen molar-refractivity contribution in [3.05, 3.63) is 16.0 Å². The van der Waals surface area contributed by atoms with Crippen molar-refractivity contribution in [2.75, 3.05) is 5.32 Å². The first kappa shape index (κ1) is 10.8. The molecule has 0 aliphatic heterocycles. The lowest BCUT2D eigenvalue weighted by molar-refractivity contribution is -0.254. The van der Waals surface area contributed by atoms with E-state index in [1.165, 1.54) is 11.3 Å². The largest absolute Gasteiger partial charge is 0.545 e. The third-order valence-corrected chi connectivity index (χ3v) is 4.52. The number of fused-ring (bicyclic) bond motifs is 1. The van der Waals surface area contributed by atoms with Gasteiger partial charge in [-0.1, -0.05) is 0 Å². The Labute approximate surface area is 103 Å². The molecule has 17 heavy (non-hydrogen) atoms. The molecule has 0 atom stereocenters. The molecular formula is C12H12NO3S-. The fraction of sp³-hybridized carbons (Fsp3) is 0.500. The van der Waals surface area contributed by atoms with Gasteiger partial charge in [0.2, 0.25) is 5.91 Å². The van der Waals surface area contributed by atoms with Crippen molar-refractivity contribution in [2.45, 2.75) is 32.1 Å². The number of aromatic carboxylic acids is 1. The van der Waals surface area contributed by atoms with E-state index in [0.29, 0.717) is 5.00 Å². The van der Waals surface area contributed by atoms with Crippen LogP contribution in [0.5, 0.6) is 0 Å². The number of hydrogen-bond acceptors (Lipinski definition) is 4. The topological polar surface area (TPSA) is 69.2 Å². The van der Waals surface area contributed by atoms with Crippen LogP contribution in [0.2, 0.25) is 0 Å². The van der Waals surface area contributed by atoms with Gasteiger partial charge in [0, 0.05) is 16.4 Å². The maximum atomic E-state index is 11.7. The number of rotatable bonds is 3. The first-order valence-corrected chi connectivity index (χ1v) is 6.65. The van der Waals surface area contributed by atoms with Gasteiger partial charge in [0.25, 0.3) is 0 Å². The van der Waals surface area contributed by atoms with E-state index >= 15 is 0 Å². The average Bonchev–Trinajstić information content (AvgIpc) is 2.92. The minimum atomic E-state index is -1.17. The third-order valence-electron chi connectivity index (χ3n) is 3.31. The van der Waals surface area contributed by atoms with Crippen LogP contribution in [0.15, 0.2) is 0 Å². The van der Waals surface area contributed by atoms with Crippen LogP contribution >= 0.6 is 11.3 Å². The number of carbonyl (C=O) groups is 2. The first-order chi connectivity index (χ1) is 8.16. The monoisotopic (exact) mass is 250 g/mol. The fourth-order valence-electron chi connectivity index (χ4n) is 2.27. The van der Waals surface area contributed by atoms with Gasteiger partial charge >= 0.3 is 0 Å². The second-order valence-corrected chi connectivity index (χ2v) is 5.72. The van der Waals surface area contributed by atoms with E-state index in [-0.39, 0.29) is 17.4 Å². The lowest BCUT2D eigenvalue weighted by atomic mass is 10.1. The second-order valence-electron chi connectivity index (χ2n) is 4.61. The van der Waals surface area contributed by atoms with Gasteiger partial charge in [-0.2, -0.15) is 0 Å². The predicted octanol–water partition coefficient (Wildman–Crippen LogP) is 0.949. The molecule has 1 fully saturated rings. The number of aryl methyl sites for hydroxylation is 1. The van der Waals surface area contributed by atoms with Crippen LogP contribution in [0.4, 0.5) is 5.00 Å². The Hall–Kier alpha value is -1.36. The van der Waals surface area contributed by atoms with E-state index in [4.69, 9.17) is 0 Å². The SMILES string of the molecule is O=C([O-])c1c(NC(=O)C2CC2)sc2c1CCC2. The van der Waals surface area contributed by atoms with Crippen molar-refractivity contribution in [3.63, 3.8) is 0 Å². The summed E-state index contributed by atoms with van der Waals surface area (Å²) in [6.07, 6.45) is 4.53. The highest BCUT2D eigenvalue weighted by Gasteiger charge is 2.31. The Morgan fingerprint density at radius 3 is 2.71 bits per heavy atom. The van der Waals surface area contributed by atoms with Crippen molar-refractivity contribution in [2.24, 2.45) is 5.92 Å². The minimum Gasteiger partial charge on any atom is -0.545 e. The number of nitrogens with one attached hydrogen (secondary N) is 1. The number of amides is 1. The molecule has 2 aliphatic rings. The minimum absolute atomic E-state index is 0.0487. The number of carbonyl (C=O) groups excluding carboxylic acids is 2. The van der Waals surface area contributed by atoms with Gasteiger partial charge in [-0.3, -0.25) is 4.79 Å². The lowest BCUT2D eigenvalue weighted by Crippen LogP contribution is -2.25. The van der Waals surface area contributed by atoms with Crippen molar-refractivity contribution in [3.8, 4) is 0 Å². The number of carboxylic acids is 1. The van der Waals surface area contributed by atoms with Crippen LogP contribution < -0.4 is 10.4 Å². The van der Waals surface area contributed by atoms with Crippen LogP contribution in [-0.2, 0) is 17.6 Å². The number of carboxylic acid groups (broad SMARTS) is 1. The summed E-state index contributed by atoms with van der Waals surface area (Å²) in [4.78, 5) is 23.9.